The van der Waals surface area contributed by atoms with Gasteiger partial charge in [0, 0.05) is 19.1 Å². The molecular formula is C34H47N2O9PS. The summed E-state index contributed by atoms with van der Waals surface area (Å²) >= 11 is 0. The van der Waals surface area contributed by atoms with Crippen molar-refractivity contribution in [1.82, 2.24) is 9.62 Å². The van der Waals surface area contributed by atoms with Crippen LogP contribution in [0, 0.1) is 5.92 Å². The maximum absolute atomic E-state index is 14.4. The smallest absolute Gasteiger partial charge is 0.347 e. The standard InChI is InChI=1S/C34H47N2O9PS/c1-6-44-46(38,45-7-2)34(21-27-13-18-32-33(20-27)43-24-42-32)35-30(19-26-11-9-8-10-12-26)31(37)23-36(22-25(3)4)47(39,40)29-16-14-28(41-5)15-17-29/h8-18,20,25,30-31,34-35,37H,6-7,19,21-24H2,1-5H3/t30-,31+,34?/m0/s1. The quantitative estimate of drug-likeness (QED) is 0.156. The Balaban J connectivity index is 1.70. The lowest BCUT2D eigenvalue weighted by atomic mass is 10.0. The third-order valence-corrected chi connectivity index (χ3v) is 11.9. The number of aliphatic hydroxyl groups is 1. The van der Waals surface area contributed by atoms with E-state index in [0.29, 0.717) is 23.7 Å². The van der Waals surface area contributed by atoms with Gasteiger partial charge in [0.2, 0.25) is 16.8 Å². The summed E-state index contributed by atoms with van der Waals surface area (Å²) in [6, 6.07) is 20.5. The summed E-state index contributed by atoms with van der Waals surface area (Å²) in [6.07, 6.45) is -0.681. The van der Waals surface area contributed by atoms with Crippen molar-refractivity contribution in [2.45, 2.75) is 63.4 Å². The maximum atomic E-state index is 14.4. The summed E-state index contributed by atoms with van der Waals surface area (Å²) in [6.45, 7) is 7.71. The number of ether oxygens (including phenoxy) is 3. The van der Waals surface area contributed by atoms with Gasteiger partial charge in [-0.15, -0.1) is 0 Å². The molecule has 3 aromatic carbocycles. The summed E-state index contributed by atoms with van der Waals surface area (Å²) in [7, 11) is -6.27. The number of methoxy groups -OCH3 is 1. The number of nitrogens with one attached hydrogen (secondary N) is 1. The van der Waals surface area contributed by atoms with Crippen molar-refractivity contribution < 1.29 is 41.3 Å². The largest absolute Gasteiger partial charge is 0.497 e. The Hall–Kier alpha value is -2.96. The molecule has 0 fully saturated rings. The van der Waals surface area contributed by atoms with Crippen LogP contribution in [0.25, 0.3) is 0 Å². The van der Waals surface area contributed by atoms with Crippen molar-refractivity contribution in [1.29, 1.82) is 0 Å². The van der Waals surface area contributed by atoms with Gasteiger partial charge < -0.3 is 28.4 Å². The van der Waals surface area contributed by atoms with Crippen LogP contribution in [0.3, 0.4) is 0 Å². The fraction of sp³-hybridized carbons (Fsp3) is 0.471. The first-order valence-corrected chi connectivity index (χ1v) is 18.9. The Morgan fingerprint density at radius 2 is 1.55 bits per heavy atom. The van der Waals surface area contributed by atoms with Gasteiger partial charge in [-0.2, -0.15) is 4.31 Å². The van der Waals surface area contributed by atoms with Crippen LogP contribution in [0.4, 0.5) is 0 Å². The Morgan fingerprint density at radius 1 is 0.894 bits per heavy atom. The molecule has 0 saturated heterocycles. The van der Waals surface area contributed by atoms with Gasteiger partial charge in [0.25, 0.3) is 0 Å². The highest BCUT2D eigenvalue weighted by Crippen LogP contribution is 2.53. The van der Waals surface area contributed by atoms with E-state index < -0.39 is 35.5 Å². The summed E-state index contributed by atoms with van der Waals surface area (Å²) < 4.78 is 71.4. The van der Waals surface area contributed by atoms with E-state index in [0.717, 1.165) is 11.1 Å². The maximum Gasteiger partial charge on any atom is 0.347 e. The van der Waals surface area contributed by atoms with E-state index in [-0.39, 0.29) is 50.3 Å². The highest BCUT2D eigenvalue weighted by Gasteiger charge is 2.40. The molecule has 3 atom stereocenters. The highest BCUT2D eigenvalue weighted by molar-refractivity contribution is 7.89. The molecule has 3 aromatic rings. The zero-order valence-corrected chi connectivity index (χ0v) is 29.4. The zero-order valence-electron chi connectivity index (χ0n) is 27.7. The molecule has 258 valence electrons. The van der Waals surface area contributed by atoms with E-state index in [2.05, 4.69) is 5.32 Å². The Kier molecular flexibility index (Phi) is 13.3. The van der Waals surface area contributed by atoms with Crippen LogP contribution < -0.4 is 19.5 Å². The van der Waals surface area contributed by atoms with Gasteiger partial charge in [-0.1, -0.05) is 50.2 Å². The van der Waals surface area contributed by atoms with Crippen LogP contribution >= 0.6 is 7.60 Å². The lowest BCUT2D eigenvalue weighted by Crippen LogP contribution is -2.52. The van der Waals surface area contributed by atoms with Gasteiger partial charge in [-0.05, 0) is 80.1 Å². The van der Waals surface area contributed by atoms with Crippen LogP contribution in [-0.4, -0.2) is 76.0 Å². The molecule has 4 rings (SSSR count). The molecule has 0 aliphatic carbocycles. The van der Waals surface area contributed by atoms with Crippen molar-refractivity contribution in [3.8, 4) is 17.2 Å². The first-order valence-electron chi connectivity index (χ1n) is 15.9. The number of benzene rings is 3. The monoisotopic (exact) mass is 690 g/mol. The molecule has 1 aliphatic heterocycles. The molecular weight excluding hydrogens is 643 g/mol. The van der Waals surface area contributed by atoms with E-state index in [9.17, 15) is 18.1 Å². The van der Waals surface area contributed by atoms with E-state index in [1.165, 1.54) is 23.5 Å². The van der Waals surface area contributed by atoms with Gasteiger partial charge in [0.05, 0.1) is 31.3 Å². The average molecular weight is 691 g/mol. The van der Waals surface area contributed by atoms with E-state index >= 15 is 0 Å². The number of aliphatic hydroxyl groups excluding tert-OH is 1. The number of hydrogen-bond donors (Lipinski definition) is 2. The second-order valence-electron chi connectivity index (χ2n) is 11.7. The predicted molar refractivity (Wildman–Crippen MR) is 181 cm³/mol. The van der Waals surface area contributed by atoms with Crippen LogP contribution in [0.5, 0.6) is 17.2 Å². The Bertz CT molecular complexity index is 1560. The first kappa shape index (κ1) is 36.9. The summed E-state index contributed by atoms with van der Waals surface area (Å²) in [5.74, 6) is 0.830. The van der Waals surface area contributed by atoms with Crippen molar-refractivity contribution in [2.24, 2.45) is 5.92 Å². The molecule has 0 saturated carbocycles. The molecule has 0 spiro atoms. The third-order valence-electron chi connectivity index (χ3n) is 7.69. The van der Waals surface area contributed by atoms with E-state index in [4.69, 9.17) is 23.3 Å². The van der Waals surface area contributed by atoms with Gasteiger partial charge in [0.15, 0.2) is 11.5 Å². The number of rotatable bonds is 19. The number of hydrogen-bond acceptors (Lipinski definition) is 10. The molecule has 47 heavy (non-hydrogen) atoms. The lowest BCUT2D eigenvalue weighted by Gasteiger charge is -2.35. The van der Waals surface area contributed by atoms with Crippen LogP contribution in [0.1, 0.15) is 38.8 Å². The summed E-state index contributed by atoms with van der Waals surface area (Å²) in [5.41, 5.74) is 1.70. The van der Waals surface area contributed by atoms with Crippen molar-refractivity contribution in [2.75, 3.05) is 40.2 Å². The second kappa shape index (κ2) is 16.9. The average Bonchev–Trinajstić information content (AvgIpc) is 3.52. The number of fused-ring (bicyclic) bond motifs is 1. The molecule has 0 bridgehead atoms. The van der Waals surface area contributed by atoms with E-state index in [1.54, 1.807) is 32.0 Å². The van der Waals surface area contributed by atoms with Gasteiger partial charge >= 0.3 is 7.60 Å². The van der Waals surface area contributed by atoms with Gasteiger partial charge in [-0.3, -0.25) is 9.88 Å². The zero-order chi connectivity index (χ0) is 34.0. The minimum absolute atomic E-state index is 0.0226. The Morgan fingerprint density at radius 3 is 2.17 bits per heavy atom. The fourth-order valence-electron chi connectivity index (χ4n) is 5.46. The van der Waals surface area contributed by atoms with Crippen molar-refractivity contribution in [3.63, 3.8) is 0 Å². The predicted octanol–water partition coefficient (Wildman–Crippen LogP) is 5.47. The highest BCUT2D eigenvalue weighted by atomic mass is 32.2. The van der Waals surface area contributed by atoms with Crippen LogP contribution in [-0.2, 0) is 36.5 Å². The molecule has 2 N–H and O–H groups in total. The minimum atomic E-state index is -3.99. The molecule has 0 aromatic heterocycles. The van der Waals surface area contributed by atoms with Crippen LogP contribution in [0.15, 0.2) is 77.7 Å². The molecule has 11 nitrogen and oxygen atoms in total. The molecule has 13 heteroatoms. The number of sulfonamides is 1. The lowest BCUT2D eigenvalue weighted by molar-refractivity contribution is 0.0968. The van der Waals surface area contributed by atoms with Gasteiger partial charge in [-0.25, -0.2) is 8.42 Å². The third kappa shape index (κ3) is 9.79. The summed E-state index contributed by atoms with van der Waals surface area (Å²) in [5, 5.41) is 15.3. The van der Waals surface area contributed by atoms with Gasteiger partial charge in [0.1, 0.15) is 11.5 Å². The SMILES string of the molecule is CCOP(=O)(OCC)C(Cc1ccc2c(c1)OCO2)N[C@@H](Cc1ccccc1)[C@H](O)CN(CC(C)C)S(=O)(=O)c1ccc(OC)cc1. The summed E-state index contributed by atoms with van der Waals surface area (Å²) in [4.78, 5) is 0.0941. The second-order valence-corrected chi connectivity index (χ2v) is 15.9. The topological polar surface area (TPSA) is 133 Å². The minimum Gasteiger partial charge on any atom is -0.497 e. The number of nitrogens with zero attached hydrogens (tertiary/aromatic N) is 1. The molecule has 1 heterocycles. The van der Waals surface area contributed by atoms with Crippen molar-refractivity contribution in [3.05, 3.63) is 83.9 Å². The fourth-order valence-corrected chi connectivity index (χ4v) is 9.05. The molecule has 1 unspecified atom stereocenters. The first-order chi connectivity index (χ1) is 22.5. The van der Waals surface area contributed by atoms with Crippen molar-refractivity contribution >= 4 is 17.6 Å². The van der Waals surface area contributed by atoms with E-state index in [1.807, 2.05) is 56.3 Å². The van der Waals surface area contributed by atoms with Crippen LogP contribution in [0.2, 0.25) is 0 Å². The Labute approximate surface area is 278 Å². The molecule has 0 radical (unpaired) electrons. The molecule has 1 aliphatic rings. The normalized spacial score (nSPS) is 15.1. The molecule has 0 amide bonds.